The second-order valence-corrected chi connectivity index (χ2v) is 6.54. The van der Waals surface area contributed by atoms with Crippen LogP contribution < -0.4 is 11.1 Å². The van der Waals surface area contributed by atoms with Gasteiger partial charge in [-0.3, -0.25) is 4.79 Å². The van der Waals surface area contributed by atoms with E-state index in [9.17, 15) is 4.79 Å². The number of carbonyl (C=O) groups excluding carboxylic acids is 1. The van der Waals surface area contributed by atoms with Crippen molar-refractivity contribution in [2.24, 2.45) is 0 Å². The largest absolute Gasteiger partial charge is 0.399 e. The minimum absolute atomic E-state index is 0.00134. The lowest BCUT2D eigenvalue weighted by Crippen LogP contribution is -2.30. The van der Waals surface area contributed by atoms with E-state index in [0.717, 1.165) is 21.1 Å². The Morgan fingerprint density at radius 2 is 2.05 bits per heavy atom. The summed E-state index contributed by atoms with van der Waals surface area (Å²) in [5.41, 5.74) is 8.36. The quantitative estimate of drug-likeness (QED) is 0.851. The highest BCUT2D eigenvalue weighted by Crippen LogP contribution is 2.25. The van der Waals surface area contributed by atoms with Crippen LogP contribution in [0.5, 0.6) is 0 Å². The third-order valence-corrected chi connectivity index (χ3v) is 4.75. The summed E-state index contributed by atoms with van der Waals surface area (Å²) in [5.74, 6) is -0.233. The number of aromatic nitrogens is 1. The van der Waals surface area contributed by atoms with Crippen molar-refractivity contribution in [1.29, 1.82) is 0 Å². The molecule has 0 aliphatic heterocycles. The first kappa shape index (κ1) is 15.5. The molecular formula is C16H21N3OS. The van der Waals surface area contributed by atoms with E-state index in [1.807, 2.05) is 52.0 Å². The van der Waals surface area contributed by atoms with Crippen molar-refractivity contribution in [1.82, 2.24) is 10.3 Å². The fourth-order valence-electron chi connectivity index (χ4n) is 2.33. The Hall–Kier alpha value is -1.88. The van der Waals surface area contributed by atoms with E-state index >= 15 is 0 Å². The molecule has 0 saturated heterocycles. The van der Waals surface area contributed by atoms with Crippen molar-refractivity contribution in [3.8, 4) is 0 Å². The van der Waals surface area contributed by atoms with Gasteiger partial charge in [0, 0.05) is 10.6 Å². The Kier molecular flexibility index (Phi) is 4.63. The van der Waals surface area contributed by atoms with Gasteiger partial charge in [0.25, 0.3) is 0 Å². The third-order valence-electron chi connectivity index (χ3n) is 3.50. The van der Waals surface area contributed by atoms with Gasteiger partial charge in [0.15, 0.2) is 0 Å². The van der Waals surface area contributed by atoms with E-state index in [1.54, 1.807) is 11.3 Å². The Labute approximate surface area is 129 Å². The minimum Gasteiger partial charge on any atom is -0.399 e. The molecule has 0 bridgehead atoms. The molecule has 0 aliphatic rings. The number of carbonyl (C=O) groups is 1. The number of nitrogens with one attached hydrogen (secondary N) is 1. The summed E-state index contributed by atoms with van der Waals surface area (Å²) in [5, 5.41) is 4.08. The van der Waals surface area contributed by atoms with E-state index in [-0.39, 0.29) is 17.9 Å². The fourth-order valence-corrected chi connectivity index (χ4v) is 3.26. The molecule has 2 atom stereocenters. The first-order valence-corrected chi connectivity index (χ1v) is 7.80. The number of nitrogens with two attached hydrogens (primary N) is 1. The summed E-state index contributed by atoms with van der Waals surface area (Å²) < 4.78 is 0. The number of nitrogens with zero attached hydrogens (tertiary/aromatic N) is 1. The lowest BCUT2D eigenvalue weighted by Gasteiger charge is -2.17. The average molecular weight is 303 g/mol. The average Bonchev–Trinajstić information content (AvgIpc) is 2.76. The van der Waals surface area contributed by atoms with Gasteiger partial charge in [-0.05, 0) is 45.4 Å². The number of rotatable bonds is 4. The van der Waals surface area contributed by atoms with Crippen molar-refractivity contribution in [3.63, 3.8) is 0 Å². The molecular weight excluding hydrogens is 282 g/mol. The highest BCUT2D eigenvalue weighted by molar-refractivity contribution is 7.11. The molecule has 0 fully saturated rings. The third kappa shape index (κ3) is 3.61. The molecule has 0 saturated carbocycles. The van der Waals surface area contributed by atoms with Gasteiger partial charge in [0.05, 0.1) is 22.7 Å². The molecule has 5 heteroatoms. The van der Waals surface area contributed by atoms with Gasteiger partial charge in [-0.2, -0.15) is 0 Å². The number of benzene rings is 1. The summed E-state index contributed by atoms with van der Waals surface area (Å²) in [6.45, 7) is 7.83. The van der Waals surface area contributed by atoms with Gasteiger partial charge < -0.3 is 11.1 Å². The SMILES string of the molecule is Cc1nc(C)c(C(C)NC(=O)C(C)c2cccc(N)c2)s1. The van der Waals surface area contributed by atoms with Gasteiger partial charge in [0.2, 0.25) is 5.91 Å². The van der Waals surface area contributed by atoms with Crippen LogP contribution in [-0.4, -0.2) is 10.9 Å². The normalized spacial score (nSPS) is 13.7. The summed E-state index contributed by atoms with van der Waals surface area (Å²) in [4.78, 5) is 17.9. The number of hydrogen-bond donors (Lipinski definition) is 2. The second kappa shape index (κ2) is 6.26. The van der Waals surface area contributed by atoms with Crippen LogP contribution in [0.25, 0.3) is 0 Å². The molecule has 1 aromatic heterocycles. The standard InChI is InChI=1S/C16H21N3OS/c1-9(13-6-5-7-14(17)8-13)16(20)19-11(3)15-10(2)18-12(4)21-15/h5-9,11H,17H2,1-4H3,(H,19,20). The van der Waals surface area contributed by atoms with Gasteiger partial charge in [-0.25, -0.2) is 4.98 Å². The van der Waals surface area contributed by atoms with E-state index in [2.05, 4.69) is 10.3 Å². The van der Waals surface area contributed by atoms with E-state index in [0.29, 0.717) is 5.69 Å². The van der Waals surface area contributed by atoms with E-state index < -0.39 is 0 Å². The van der Waals surface area contributed by atoms with Crippen molar-refractivity contribution < 1.29 is 4.79 Å². The molecule has 0 aliphatic carbocycles. The van der Waals surface area contributed by atoms with Crippen LogP contribution in [-0.2, 0) is 4.79 Å². The van der Waals surface area contributed by atoms with Gasteiger partial charge in [-0.15, -0.1) is 11.3 Å². The molecule has 2 aromatic rings. The van der Waals surface area contributed by atoms with Gasteiger partial charge in [-0.1, -0.05) is 12.1 Å². The van der Waals surface area contributed by atoms with E-state index in [1.165, 1.54) is 0 Å². The molecule has 3 N–H and O–H groups in total. The number of hydrogen-bond acceptors (Lipinski definition) is 4. The number of nitrogen functional groups attached to an aromatic ring is 1. The van der Waals surface area contributed by atoms with Crippen LogP contribution in [0.3, 0.4) is 0 Å². The molecule has 0 spiro atoms. The molecule has 4 nitrogen and oxygen atoms in total. The fraction of sp³-hybridized carbons (Fsp3) is 0.375. The van der Waals surface area contributed by atoms with Crippen molar-refractivity contribution in [3.05, 3.63) is 45.4 Å². The van der Waals surface area contributed by atoms with Crippen LogP contribution in [0, 0.1) is 13.8 Å². The Morgan fingerprint density at radius 1 is 1.33 bits per heavy atom. The molecule has 21 heavy (non-hydrogen) atoms. The van der Waals surface area contributed by atoms with Crippen LogP contribution in [0.15, 0.2) is 24.3 Å². The maximum atomic E-state index is 12.4. The summed E-state index contributed by atoms with van der Waals surface area (Å²) >= 11 is 1.63. The lowest BCUT2D eigenvalue weighted by atomic mass is 9.99. The number of amides is 1. The van der Waals surface area contributed by atoms with Gasteiger partial charge in [0.1, 0.15) is 0 Å². The predicted octanol–water partition coefficient (Wildman–Crippen LogP) is 3.32. The molecule has 1 aromatic carbocycles. The molecule has 0 radical (unpaired) electrons. The Balaban J connectivity index is 2.09. The molecule has 2 rings (SSSR count). The molecule has 1 heterocycles. The second-order valence-electron chi connectivity index (χ2n) is 5.30. The minimum atomic E-state index is -0.231. The van der Waals surface area contributed by atoms with Crippen molar-refractivity contribution in [2.75, 3.05) is 5.73 Å². The smallest absolute Gasteiger partial charge is 0.227 e. The molecule has 112 valence electrons. The monoisotopic (exact) mass is 303 g/mol. The van der Waals surface area contributed by atoms with E-state index in [4.69, 9.17) is 5.73 Å². The van der Waals surface area contributed by atoms with Crippen LogP contribution in [0.4, 0.5) is 5.69 Å². The zero-order valence-electron chi connectivity index (χ0n) is 12.8. The highest BCUT2D eigenvalue weighted by atomic mass is 32.1. The van der Waals surface area contributed by atoms with Crippen molar-refractivity contribution >= 4 is 22.9 Å². The lowest BCUT2D eigenvalue weighted by molar-refractivity contribution is -0.122. The topological polar surface area (TPSA) is 68.0 Å². The number of aryl methyl sites for hydroxylation is 2. The zero-order valence-corrected chi connectivity index (χ0v) is 13.6. The van der Waals surface area contributed by atoms with Crippen LogP contribution in [0.1, 0.15) is 46.9 Å². The summed E-state index contributed by atoms with van der Waals surface area (Å²) in [6.07, 6.45) is 0. The molecule has 1 amide bonds. The van der Waals surface area contributed by atoms with Crippen LogP contribution >= 0.6 is 11.3 Å². The molecule has 2 unspecified atom stereocenters. The number of anilines is 1. The zero-order chi connectivity index (χ0) is 15.6. The Morgan fingerprint density at radius 3 is 2.62 bits per heavy atom. The first-order chi connectivity index (χ1) is 9.88. The summed E-state index contributed by atoms with van der Waals surface area (Å²) in [6, 6.07) is 7.42. The maximum Gasteiger partial charge on any atom is 0.227 e. The Bertz CT molecular complexity index is 651. The van der Waals surface area contributed by atoms with Crippen molar-refractivity contribution in [2.45, 2.75) is 39.7 Å². The summed E-state index contributed by atoms with van der Waals surface area (Å²) in [7, 11) is 0. The first-order valence-electron chi connectivity index (χ1n) is 6.98. The number of thiazole rings is 1. The predicted molar refractivity (Wildman–Crippen MR) is 87.4 cm³/mol. The van der Waals surface area contributed by atoms with Gasteiger partial charge >= 0.3 is 0 Å². The maximum absolute atomic E-state index is 12.4. The van der Waals surface area contributed by atoms with Crippen LogP contribution in [0.2, 0.25) is 0 Å². The highest BCUT2D eigenvalue weighted by Gasteiger charge is 2.20.